The van der Waals surface area contributed by atoms with Crippen LogP contribution in [-0.4, -0.2) is 34.0 Å². The number of sulfone groups is 1. The van der Waals surface area contributed by atoms with Gasteiger partial charge in [0.25, 0.3) is 0 Å². The third kappa shape index (κ3) is 3.74. The number of nitrogens with one attached hydrogen (secondary N) is 1. The van der Waals surface area contributed by atoms with Crippen molar-refractivity contribution >= 4 is 21.6 Å². The summed E-state index contributed by atoms with van der Waals surface area (Å²) in [6.45, 7) is 1.95. The standard InChI is InChI=1S/C14H20FNO2S2/c1-19-14-12(15)7-11(8-13(14)20(2,17)18)6-10-4-3-5-16-9-10/h7-8,10,16H,3-6,9H2,1-2H3. The molecule has 1 aromatic carbocycles. The van der Waals surface area contributed by atoms with Gasteiger partial charge < -0.3 is 5.32 Å². The molecule has 1 N–H and O–H groups in total. The van der Waals surface area contributed by atoms with Gasteiger partial charge in [0.2, 0.25) is 0 Å². The molecule has 112 valence electrons. The summed E-state index contributed by atoms with van der Waals surface area (Å²) in [4.78, 5) is 0.335. The van der Waals surface area contributed by atoms with E-state index >= 15 is 0 Å². The summed E-state index contributed by atoms with van der Waals surface area (Å²) in [5, 5.41) is 3.32. The second-order valence-electron chi connectivity index (χ2n) is 5.30. The molecular formula is C14H20FNO2S2. The van der Waals surface area contributed by atoms with Crippen LogP contribution in [0.15, 0.2) is 21.9 Å². The summed E-state index contributed by atoms with van der Waals surface area (Å²) in [5.41, 5.74) is 0.773. The van der Waals surface area contributed by atoms with Crippen molar-refractivity contribution in [3.8, 4) is 0 Å². The van der Waals surface area contributed by atoms with Crippen LogP contribution in [0.2, 0.25) is 0 Å². The van der Waals surface area contributed by atoms with Crippen molar-refractivity contribution in [3.63, 3.8) is 0 Å². The molecule has 0 aromatic heterocycles. The lowest BCUT2D eigenvalue weighted by Gasteiger charge is -2.23. The minimum atomic E-state index is -3.41. The molecule has 1 unspecified atom stereocenters. The van der Waals surface area contributed by atoms with Crippen molar-refractivity contribution in [3.05, 3.63) is 23.5 Å². The molecule has 0 amide bonds. The van der Waals surface area contributed by atoms with E-state index in [9.17, 15) is 12.8 Å². The van der Waals surface area contributed by atoms with Gasteiger partial charge in [-0.25, -0.2) is 12.8 Å². The monoisotopic (exact) mass is 317 g/mol. The molecule has 1 aliphatic heterocycles. The topological polar surface area (TPSA) is 46.2 Å². The zero-order valence-electron chi connectivity index (χ0n) is 11.8. The zero-order valence-corrected chi connectivity index (χ0v) is 13.4. The second-order valence-corrected chi connectivity index (χ2v) is 8.10. The SMILES string of the molecule is CSc1c(F)cc(CC2CCCNC2)cc1S(C)(=O)=O. The molecule has 1 heterocycles. The van der Waals surface area contributed by atoms with E-state index in [1.165, 1.54) is 6.07 Å². The Hall–Kier alpha value is -0.590. The first-order chi connectivity index (χ1) is 9.41. The van der Waals surface area contributed by atoms with Gasteiger partial charge in [0, 0.05) is 6.26 Å². The molecule has 1 saturated heterocycles. The minimum Gasteiger partial charge on any atom is -0.316 e. The van der Waals surface area contributed by atoms with Crippen LogP contribution in [0.5, 0.6) is 0 Å². The number of hydrogen-bond acceptors (Lipinski definition) is 4. The predicted molar refractivity (Wildman–Crippen MR) is 80.6 cm³/mol. The highest BCUT2D eigenvalue weighted by atomic mass is 32.2. The lowest BCUT2D eigenvalue weighted by Crippen LogP contribution is -2.30. The molecule has 0 saturated carbocycles. The lowest BCUT2D eigenvalue weighted by molar-refractivity contribution is 0.375. The average molecular weight is 317 g/mol. The Balaban J connectivity index is 2.33. The highest BCUT2D eigenvalue weighted by Gasteiger charge is 2.20. The molecule has 2 rings (SSSR count). The molecule has 0 spiro atoms. The van der Waals surface area contributed by atoms with Crippen molar-refractivity contribution < 1.29 is 12.8 Å². The van der Waals surface area contributed by atoms with Gasteiger partial charge in [-0.1, -0.05) is 0 Å². The van der Waals surface area contributed by atoms with Crippen molar-refractivity contribution in [1.82, 2.24) is 5.32 Å². The van der Waals surface area contributed by atoms with Crippen LogP contribution in [0.4, 0.5) is 4.39 Å². The van der Waals surface area contributed by atoms with Gasteiger partial charge in [0.1, 0.15) is 5.82 Å². The summed E-state index contributed by atoms with van der Waals surface area (Å²) >= 11 is 1.14. The van der Waals surface area contributed by atoms with Crippen molar-refractivity contribution in [2.45, 2.75) is 29.1 Å². The highest BCUT2D eigenvalue weighted by molar-refractivity contribution is 7.99. The maximum Gasteiger partial charge on any atom is 0.176 e. The maximum atomic E-state index is 14.1. The van der Waals surface area contributed by atoms with Crippen LogP contribution < -0.4 is 5.32 Å². The Morgan fingerprint density at radius 1 is 1.45 bits per heavy atom. The first-order valence-electron chi connectivity index (χ1n) is 6.69. The van der Waals surface area contributed by atoms with Crippen LogP contribution in [0.25, 0.3) is 0 Å². The molecule has 0 bridgehead atoms. The number of rotatable bonds is 4. The first-order valence-corrected chi connectivity index (χ1v) is 9.80. The summed E-state index contributed by atoms with van der Waals surface area (Å²) in [5.74, 6) is 0.0230. The molecule has 1 fully saturated rings. The molecule has 20 heavy (non-hydrogen) atoms. The van der Waals surface area contributed by atoms with Crippen LogP contribution in [0, 0.1) is 11.7 Å². The van der Waals surface area contributed by atoms with Gasteiger partial charge in [0.15, 0.2) is 9.84 Å². The van der Waals surface area contributed by atoms with E-state index in [4.69, 9.17) is 0 Å². The molecular weight excluding hydrogens is 297 g/mol. The quantitative estimate of drug-likeness (QED) is 0.867. The summed E-state index contributed by atoms with van der Waals surface area (Å²) in [6, 6.07) is 3.12. The number of halogens is 1. The normalized spacial score (nSPS) is 20.1. The number of piperidine rings is 1. The highest BCUT2D eigenvalue weighted by Crippen LogP contribution is 2.30. The molecule has 3 nitrogen and oxygen atoms in total. The van der Waals surface area contributed by atoms with Gasteiger partial charge in [-0.3, -0.25) is 0 Å². The number of thioether (sulfide) groups is 1. The average Bonchev–Trinajstić information content (AvgIpc) is 2.38. The summed E-state index contributed by atoms with van der Waals surface area (Å²) in [7, 11) is -3.41. The molecule has 1 atom stereocenters. The van der Waals surface area contributed by atoms with E-state index in [-0.39, 0.29) is 9.79 Å². The Morgan fingerprint density at radius 2 is 2.20 bits per heavy atom. The van der Waals surface area contributed by atoms with Gasteiger partial charge in [-0.05, 0) is 62.2 Å². The number of benzene rings is 1. The third-order valence-corrected chi connectivity index (χ3v) is 5.67. The Kier molecular flexibility index (Phi) is 5.09. The first kappa shape index (κ1) is 15.8. The van der Waals surface area contributed by atoms with Crippen LogP contribution in [0.3, 0.4) is 0 Å². The van der Waals surface area contributed by atoms with Crippen molar-refractivity contribution in [1.29, 1.82) is 0 Å². The molecule has 1 aliphatic rings. The number of hydrogen-bond donors (Lipinski definition) is 1. The van der Waals surface area contributed by atoms with Crippen LogP contribution in [0.1, 0.15) is 18.4 Å². The molecule has 0 aliphatic carbocycles. The van der Waals surface area contributed by atoms with Gasteiger partial charge in [-0.15, -0.1) is 11.8 Å². The van der Waals surface area contributed by atoms with E-state index < -0.39 is 15.7 Å². The molecule has 6 heteroatoms. The fourth-order valence-corrected chi connectivity index (χ4v) is 4.66. The van der Waals surface area contributed by atoms with Crippen molar-refractivity contribution in [2.24, 2.45) is 5.92 Å². The summed E-state index contributed by atoms with van der Waals surface area (Å²) < 4.78 is 37.7. The van der Waals surface area contributed by atoms with E-state index in [1.54, 1.807) is 12.3 Å². The molecule has 0 radical (unpaired) electrons. The zero-order chi connectivity index (χ0) is 14.8. The summed E-state index contributed by atoms with van der Waals surface area (Å²) in [6.07, 6.45) is 5.77. The van der Waals surface area contributed by atoms with Gasteiger partial charge >= 0.3 is 0 Å². The maximum absolute atomic E-state index is 14.1. The van der Waals surface area contributed by atoms with Gasteiger partial charge in [-0.2, -0.15) is 0 Å². The van der Waals surface area contributed by atoms with Crippen LogP contribution in [-0.2, 0) is 16.3 Å². The fraction of sp³-hybridized carbons (Fsp3) is 0.571. The predicted octanol–water partition coefficient (Wildman–Crippen LogP) is 2.49. The van der Waals surface area contributed by atoms with Crippen molar-refractivity contribution in [2.75, 3.05) is 25.6 Å². The van der Waals surface area contributed by atoms with E-state index in [0.29, 0.717) is 5.92 Å². The van der Waals surface area contributed by atoms with Crippen LogP contribution >= 0.6 is 11.8 Å². The largest absolute Gasteiger partial charge is 0.316 e. The Morgan fingerprint density at radius 3 is 2.75 bits per heavy atom. The van der Waals surface area contributed by atoms with E-state index in [1.807, 2.05) is 0 Å². The third-order valence-electron chi connectivity index (χ3n) is 3.60. The molecule has 1 aromatic rings. The Labute approximate surface area is 124 Å². The second kappa shape index (κ2) is 6.45. The van der Waals surface area contributed by atoms with Gasteiger partial charge in [0.05, 0.1) is 9.79 Å². The Bertz CT molecular complexity index is 581. The fourth-order valence-electron chi connectivity index (χ4n) is 2.64. The minimum absolute atomic E-state index is 0.115. The smallest absolute Gasteiger partial charge is 0.176 e. The van der Waals surface area contributed by atoms with E-state index in [2.05, 4.69) is 5.32 Å². The lowest BCUT2D eigenvalue weighted by atomic mass is 9.92. The van der Waals surface area contributed by atoms with E-state index in [0.717, 1.165) is 55.9 Å².